The summed E-state index contributed by atoms with van der Waals surface area (Å²) in [6, 6.07) is 5.94. The van der Waals surface area contributed by atoms with Crippen molar-refractivity contribution in [2.45, 2.75) is 95.0 Å². The smallest absolute Gasteiger partial charge is 0.312 e. The van der Waals surface area contributed by atoms with E-state index in [2.05, 4.69) is 53.2 Å². The van der Waals surface area contributed by atoms with Gasteiger partial charge in [0.25, 0.3) is 5.91 Å². The van der Waals surface area contributed by atoms with Crippen molar-refractivity contribution in [2.75, 3.05) is 42.6 Å². The Morgan fingerprint density at radius 2 is 1.80 bits per heavy atom. The topological polar surface area (TPSA) is 129 Å². The number of amides is 3. The van der Waals surface area contributed by atoms with E-state index in [1.165, 1.54) is 4.90 Å². The Hall–Kier alpha value is -3.22. The van der Waals surface area contributed by atoms with Gasteiger partial charge in [-0.1, -0.05) is 48.4 Å². The van der Waals surface area contributed by atoms with Crippen molar-refractivity contribution in [3.63, 3.8) is 0 Å². The number of nitrogens with zero attached hydrogens (tertiary/aromatic N) is 3. The third-order valence-electron chi connectivity index (χ3n) is 10.4. The number of aliphatic hydroxyl groups is 1. The molecule has 270 valence electrons. The lowest BCUT2D eigenvalue weighted by Crippen LogP contribution is -2.60. The third-order valence-corrected chi connectivity index (χ3v) is 11.3. The average Bonchev–Trinajstić information content (AvgIpc) is 3.69. The predicted octanol–water partition coefficient (Wildman–Crippen LogP) is 4.22. The molecule has 2 N–H and O–H groups in total. The van der Waals surface area contributed by atoms with E-state index in [4.69, 9.17) is 9.47 Å². The van der Waals surface area contributed by atoms with Crippen LogP contribution in [-0.4, -0.2) is 101 Å². The molecule has 1 aromatic carbocycles. The second-order valence-corrected chi connectivity index (χ2v) is 14.5. The highest BCUT2D eigenvalue weighted by Gasteiger charge is 2.77. The molecule has 3 aliphatic rings. The Kier molecular flexibility index (Phi) is 13.1. The van der Waals surface area contributed by atoms with Gasteiger partial charge in [0, 0.05) is 42.3 Å². The summed E-state index contributed by atoms with van der Waals surface area (Å²) in [5.74, 6) is -3.68. The molecule has 1 aromatic rings. The van der Waals surface area contributed by atoms with Crippen LogP contribution in [0.1, 0.15) is 60.3 Å². The molecule has 4 rings (SSSR count). The highest BCUT2D eigenvalue weighted by molar-refractivity contribution is 9.09. The average molecular weight is 746 g/mol. The van der Waals surface area contributed by atoms with Crippen LogP contribution in [0, 0.1) is 17.8 Å². The number of fused-ring (bicyclic) bond motifs is 1. The first-order valence-electron chi connectivity index (χ1n) is 17.5. The lowest BCUT2D eigenvalue weighted by atomic mass is 9.70. The minimum Gasteiger partial charge on any atom is -0.460 e. The fraction of sp³-hybridized carbons (Fsp3) is 0.622. The molecule has 9 atom stereocenters. The standard InChI is InChI=1S/C37H53BrN4O7/c1-8-13-14-29(44)39-21-24(7)48-36(47)30-31-34(45)42(28(22-43)23(6)10-3)33(37(31)20-27(38)32(30)49-37)35(46)41(19-9-2)26-17-15-25(16-18-26)40(11-4)12-5/h8-9,15-18,23-24,27-28,30-33,43H,1-2,10-14,19-22H2,3-7H3,(H,39,44)/t23-,24+,27?,28-,30+,31-,32+,33+,37-/m0/s1. The highest BCUT2D eigenvalue weighted by Crippen LogP contribution is 2.61. The second-order valence-electron chi connectivity index (χ2n) is 13.3. The monoisotopic (exact) mass is 744 g/mol. The molecule has 49 heavy (non-hydrogen) atoms. The molecule has 2 bridgehead atoms. The van der Waals surface area contributed by atoms with Crippen LogP contribution in [0.4, 0.5) is 11.4 Å². The summed E-state index contributed by atoms with van der Waals surface area (Å²) in [5.41, 5.74) is 0.334. The molecule has 3 aliphatic heterocycles. The number of alkyl halides is 1. The number of hydrogen-bond acceptors (Lipinski definition) is 8. The van der Waals surface area contributed by atoms with Gasteiger partial charge in [-0.25, -0.2) is 0 Å². The minimum absolute atomic E-state index is 0.110. The number of halogens is 1. The molecule has 0 aliphatic carbocycles. The van der Waals surface area contributed by atoms with Gasteiger partial charge in [-0.2, -0.15) is 0 Å². The van der Waals surface area contributed by atoms with Crippen molar-refractivity contribution < 1.29 is 33.8 Å². The first-order chi connectivity index (χ1) is 23.4. The third kappa shape index (κ3) is 7.46. The van der Waals surface area contributed by atoms with Crippen molar-refractivity contribution in [2.24, 2.45) is 17.8 Å². The number of aliphatic hydroxyl groups excluding tert-OH is 1. The predicted molar refractivity (Wildman–Crippen MR) is 193 cm³/mol. The van der Waals surface area contributed by atoms with Crippen molar-refractivity contribution in [1.82, 2.24) is 10.2 Å². The van der Waals surface area contributed by atoms with Gasteiger partial charge in [-0.3, -0.25) is 19.2 Å². The Bertz CT molecular complexity index is 1370. The fourth-order valence-corrected chi connectivity index (χ4v) is 8.66. The number of carbonyl (C=O) groups is 4. The Labute approximate surface area is 299 Å². The Morgan fingerprint density at radius 3 is 2.37 bits per heavy atom. The van der Waals surface area contributed by atoms with Crippen molar-refractivity contribution in [3.05, 3.63) is 49.6 Å². The van der Waals surface area contributed by atoms with E-state index in [-0.39, 0.29) is 48.7 Å². The number of hydrogen-bond donors (Lipinski definition) is 2. The first kappa shape index (κ1) is 38.6. The first-order valence-corrected chi connectivity index (χ1v) is 18.5. The maximum absolute atomic E-state index is 15.0. The van der Waals surface area contributed by atoms with Crippen LogP contribution >= 0.6 is 15.9 Å². The molecular weight excluding hydrogens is 692 g/mol. The van der Waals surface area contributed by atoms with Gasteiger partial charge in [-0.05, 0) is 63.8 Å². The summed E-state index contributed by atoms with van der Waals surface area (Å²) >= 11 is 3.71. The molecule has 3 fully saturated rings. The number of nitrogens with one attached hydrogen (secondary N) is 1. The molecule has 0 radical (unpaired) electrons. The lowest BCUT2D eigenvalue weighted by molar-refractivity contribution is -0.160. The van der Waals surface area contributed by atoms with Crippen LogP contribution in [0.3, 0.4) is 0 Å². The molecule has 3 amide bonds. The summed E-state index contributed by atoms with van der Waals surface area (Å²) < 4.78 is 12.5. The Morgan fingerprint density at radius 1 is 1.14 bits per heavy atom. The maximum atomic E-state index is 15.0. The van der Waals surface area contributed by atoms with Crippen LogP contribution in [0.15, 0.2) is 49.6 Å². The minimum atomic E-state index is -1.33. The summed E-state index contributed by atoms with van der Waals surface area (Å²) in [5, 5.41) is 13.5. The van der Waals surface area contributed by atoms with E-state index in [0.717, 1.165) is 18.8 Å². The van der Waals surface area contributed by atoms with E-state index in [1.807, 2.05) is 38.1 Å². The number of rotatable bonds is 18. The van der Waals surface area contributed by atoms with Gasteiger partial charge < -0.3 is 34.6 Å². The molecule has 1 spiro atoms. The van der Waals surface area contributed by atoms with E-state index in [9.17, 15) is 24.3 Å². The molecule has 3 heterocycles. The summed E-state index contributed by atoms with van der Waals surface area (Å²) in [7, 11) is 0. The normalized spacial score (nSPS) is 27.2. The molecule has 3 saturated heterocycles. The van der Waals surface area contributed by atoms with Crippen LogP contribution in [0.25, 0.3) is 0 Å². The van der Waals surface area contributed by atoms with Crippen molar-refractivity contribution >= 4 is 51.0 Å². The van der Waals surface area contributed by atoms with Gasteiger partial charge in [0.2, 0.25) is 11.8 Å². The number of esters is 1. The maximum Gasteiger partial charge on any atom is 0.312 e. The molecule has 12 heteroatoms. The van der Waals surface area contributed by atoms with E-state index in [1.54, 1.807) is 24.0 Å². The van der Waals surface area contributed by atoms with Crippen LogP contribution in [0.5, 0.6) is 0 Å². The van der Waals surface area contributed by atoms with E-state index < -0.39 is 53.6 Å². The number of benzene rings is 1. The van der Waals surface area contributed by atoms with Crippen molar-refractivity contribution in [3.8, 4) is 0 Å². The van der Waals surface area contributed by atoms with Gasteiger partial charge in [0.1, 0.15) is 17.7 Å². The van der Waals surface area contributed by atoms with Crippen LogP contribution in [0.2, 0.25) is 0 Å². The molecule has 1 unspecified atom stereocenters. The summed E-state index contributed by atoms with van der Waals surface area (Å²) in [6.45, 7) is 18.9. The fourth-order valence-electron chi connectivity index (χ4n) is 7.72. The molecule has 0 aromatic heterocycles. The Balaban J connectivity index is 1.71. The van der Waals surface area contributed by atoms with Gasteiger partial charge >= 0.3 is 5.97 Å². The van der Waals surface area contributed by atoms with E-state index in [0.29, 0.717) is 24.9 Å². The summed E-state index contributed by atoms with van der Waals surface area (Å²) in [6.07, 6.45) is 3.73. The van der Waals surface area contributed by atoms with Gasteiger partial charge in [-0.15, -0.1) is 13.2 Å². The number of likely N-dealkylation sites (tertiary alicyclic amines) is 1. The van der Waals surface area contributed by atoms with Crippen LogP contribution < -0.4 is 15.1 Å². The van der Waals surface area contributed by atoms with Crippen molar-refractivity contribution in [1.29, 1.82) is 0 Å². The number of allylic oxidation sites excluding steroid dienone is 1. The number of carbonyl (C=O) groups excluding carboxylic acids is 4. The zero-order valence-corrected chi connectivity index (χ0v) is 31.1. The zero-order valence-electron chi connectivity index (χ0n) is 29.5. The quantitative estimate of drug-likeness (QED) is 0.130. The largest absolute Gasteiger partial charge is 0.460 e. The lowest BCUT2D eigenvalue weighted by Gasteiger charge is -2.41. The summed E-state index contributed by atoms with van der Waals surface area (Å²) in [4.78, 5) is 60.7. The van der Waals surface area contributed by atoms with Gasteiger partial charge in [0.15, 0.2) is 0 Å². The number of anilines is 2. The number of ether oxygens (including phenoxy) is 2. The van der Waals surface area contributed by atoms with Gasteiger partial charge in [0.05, 0.1) is 37.1 Å². The zero-order chi connectivity index (χ0) is 36.0. The SMILES string of the molecule is C=CCCC(=O)NC[C@@H](C)OC(=O)[C@H]1[C@@H]2O[C@@]3(CC2Br)[C@@H]1C(=O)N([C@@H](CO)[C@@H](C)CC)[C@@H]3C(=O)N(CC=C)c1ccc(N(CC)CC)cc1. The molecule has 11 nitrogen and oxygen atoms in total. The second kappa shape index (κ2) is 16.7. The molecule has 0 saturated carbocycles. The van der Waals surface area contributed by atoms with Crippen LogP contribution in [-0.2, 0) is 28.7 Å². The highest BCUT2D eigenvalue weighted by atomic mass is 79.9. The van der Waals surface area contributed by atoms with E-state index >= 15 is 0 Å². The molecular formula is C37H53BrN4O7.